The maximum atomic E-state index is 13.6. The number of phenolic OH excluding ortho intramolecular Hbond substituents is 2. The molecule has 71 heavy (non-hydrogen) atoms. The van der Waals surface area contributed by atoms with Crippen LogP contribution in [0.2, 0.25) is 10.0 Å². The minimum absolute atomic E-state index is 0.0100. The van der Waals surface area contributed by atoms with Crippen molar-refractivity contribution in [2.75, 3.05) is 61.8 Å². The van der Waals surface area contributed by atoms with E-state index in [1.165, 1.54) is 32.9 Å². The number of aromatic hydroxyl groups is 2. The van der Waals surface area contributed by atoms with Gasteiger partial charge in [-0.1, -0.05) is 30.1 Å². The van der Waals surface area contributed by atoms with Crippen LogP contribution in [0, 0.1) is 17.8 Å². The van der Waals surface area contributed by atoms with Crippen LogP contribution >= 0.6 is 23.2 Å². The second kappa shape index (κ2) is 19.6. The van der Waals surface area contributed by atoms with Crippen molar-refractivity contribution in [3.8, 4) is 17.2 Å². The lowest BCUT2D eigenvalue weighted by Gasteiger charge is -2.36. The van der Waals surface area contributed by atoms with Gasteiger partial charge in [0.25, 0.3) is 21.7 Å². The standard InChI is InChI=1S/C26H29ClN4O7S.C20H22ClN3O7S/c1-3-16(18-7-4-14(2)38-18)29-19-20(23(34)22(19)33)30-17-6-5-15(27)24(21(17)32)39(36,37)31-12-9-26(10-13-31)8-11-28-25(26)35;1-2-31-17-13(15(26)16(17)27)23-12-4-3-11(21)18(14(12)25)32(29,30)24-9-6-20(7-10-24)5-8-22-19(20)28/h4-7,16,29-30,32H,3,8-13H2,1-2H3,(H,28,35);3-4,23,25H,2,5-10H2,1H3,(H,22,28)/t16-;/m1./s1. The molecule has 25 heteroatoms. The first-order chi connectivity index (χ1) is 33.6. The molecule has 4 aliphatic rings. The number of sulfonamides is 2. The van der Waals surface area contributed by atoms with Gasteiger partial charge in [0.05, 0.1) is 44.9 Å². The number of halogens is 2. The third-order valence-corrected chi connectivity index (χ3v) is 18.7. The Morgan fingerprint density at radius 2 is 1.11 bits per heavy atom. The number of hydrogen-bond donors (Lipinski definition) is 7. The number of ether oxygens (including phenoxy) is 1. The number of carbonyl (C=O) groups is 2. The molecule has 4 aromatic carbocycles. The van der Waals surface area contributed by atoms with Crippen molar-refractivity contribution in [3.05, 3.63) is 98.9 Å². The summed E-state index contributed by atoms with van der Waals surface area (Å²) in [5.41, 5.74) is -4.76. The molecule has 2 spiro atoms. The molecule has 4 fully saturated rings. The third kappa shape index (κ3) is 9.15. The summed E-state index contributed by atoms with van der Waals surface area (Å²) < 4.78 is 66.9. The highest BCUT2D eigenvalue weighted by molar-refractivity contribution is 7.89. The minimum atomic E-state index is -4.24. The number of carbonyl (C=O) groups excluding carboxylic acids is 2. The number of piperidine rings is 2. The molecule has 0 saturated carbocycles. The van der Waals surface area contributed by atoms with Gasteiger partial charge in [-0.3, -0.25) is 28.8 Å². The van der Waals surface area contributed by atoms with E-state index in [1.807, 2.05) is 6.92 Å². The Kier molecular flexibility index (Phi) is 14.2. The molecule has 4 aliphatic heterocycles. The van der Waals surface area contributed by atoms with E-state index in [4.69, 9.17) is 32.4 Å². The molecule has 0 radical (unpaired) electrons. The Balaban J connectivity index is 0.000000194. The van der Waals surface area contributed by atoms with E-state index in [0.717, 1.165) is 0 Å². The molecular formula is C46H51Cl2N7O14S2. The van der Waals surface area contributed by atoms with Crippen molar-refractivity contribution in [1.29, 1.82) is 0 Å². The van der Waals surface area contributed by atoms with Gasteiger partial charge in [-0.05, 0) is 95.2 Å². The zero-order chi connectivity index (χ0) is 51.4. The molecule has 1 aromatic heterocycles. The Morgan fingerprint density at radius 1 is 0.662 bits per heavy atom. The zero-order valence-electron chi connectivity index (χ0n) is 38.7. The van der Waals surface area contributed by atoms with Gasteiger partial charge < -0.3 is 46.0 Å². The van der Waals surface area contributed by atoms with E-state index < -0.39 is 73.9 Å². The van der Waals surface area contributed by atoms with Gasteiger partial charge in [0.2, 0.25) is 31.9 Å². The van der Waals surface area contributed by atoms with Crippen LogP contribution in [0.1, 0.15) is 76.4 Å². The zero-order valence-corrected chi connectivity index (χ0v) is 41.8. The molecule has 2 amide bonds. The molecule has 0 bridgehead atoms. The molecule has 9 rings (SSSR count). The summed E-state index contributed by atoms with van der Waals surface area (Å²) in [5, 5.41) is 35.3. The van der Waals surface area contributed by atoms with Crippen molar-refractivity contribution in [2.24, 2.45) is 10.8 Å². The average Bonchev–Trinajstić information content (AvgIpc) is 4.05. The average molecular weight is 1060 g/mol. The number of nitrogens with one attached hydrogen (secondary N) is 5. The van der Waals surface area contributed by atoms with Crippen molar-refractivity contribution < 1.29 is 45.8 Å². The normalized spacial score (nSPS) is 18.5. The van der Waals surface area contributed by atoms with Gasteiger partial charge in [-0.15, -0.1) is 0 Å². The summed E-state index contributed by atoms with van der Waals surface area (Å²) in [4.78, 5) is 71.9. The molecular weight excluding hydrogens is 1010 g/mol. The molecule has 21 nitrogen and oxygen atoms in total. The maximum Gasteiger partial charge on any atom is 0.272 e. The van der Waals surface area contributed by atoms with Crippen molar-refractivity contribution in [3.63, 3.8) is 0 Å². The van der Waals surface area contributed by atoms with Gasteiger partial charge >= 0.3 is 0 Å². The summed E-state index contributed by atoms with van der Waals surface area (Å²) in [5.74, 6) is -0.344. The van der Waals surface area contributed by atoms with Crippen LogP contribution in [0.15, 0.2) is 69.8 Å². The first-order valence-electron chi connectivity index (χ1n) is 22.9. The van der Waals surface area contributed by atoms with E-state index in [0.29, 0.717) is 69.6 Å². The van der Waals surface area contributed by atoms with Crippen molar-refractivity contribution in [1.82, 2.24) is 19.2 Å². The van der Waals surface area contributed by atoms with Crippen molar-refractivity contribution >= 4 is 83.5 Å². The Bertz CT molecular complexity index is 3310. The monoisotopic (exact) mass is 1060 g/mol. The second-order valence-corrected chi connectivity index (χ2v) is 22.5. The van der Waals surface area contributed by atoms with Crippen LogP contribution in [0.5, 0.6) is 17.2 Å². The number of aryl methyl sites for hydroxylation is 1. The van der Waals surface area contributed by atoms with Crippen LogP contribution < -0.4 is 53.0 Å². The molecule has 5 heterocycles. The fraction of sp³-hybridized carbons (Fsp3) is 0.435. The molecule has 0 unspecified atom stereocenters. The van der Waals surface area contributed by atoms with Gasteiger partial charge in [0.15, 0.2) is 17.2 Å². The lowest BCUT2D eigenvalue weighted by atomic mass is 9.78. The van der Waals surface area contributed by atoms with Gasteiger partial charge in [-0.25, -0.2) is 16.8 Å². The number of phenols is 2. The first kappa shape index (κ1) is 51.4. The first-order valence-corrected chi connectivity index (χ1v) is 26.5. The predicted octanol–water partition coefficient (Wildman–Crippen LogP) is 4.22. The lowest BCUT2D eigenvalue weighted by molar-refractivity contribution is -0.130. The lowest BCUT2D eigenvalue weighted by Crippen LogP contribution is -2.46. The molecule has 4 saturated heterocycles. The Hall–Kier alpha value is -5.98. The highest BCUT2D eigenvalue weighted by atomic mass is 35.5. The summed E-state index contributed by atoms with van der Waals surface area (Å²) in [6.45, 7) is 7.03. The maximum absolute atomic E-state index is 13.6. The molecule has 1 atom stereocenters. The molecule has 5 aromatic rings. The van der Waals surface area contributed by atoms with Gasteiger partial charge in [0.1, 0.15) is 38.4 Å². The predicted molar refractivity (Wildman–Crippen MR) is 263 cm³/mol. The number of amides is 2. The Labute approximate surface area is 416 Å². The molecule has 380 valence electrons. The van der Waals surface area contributed by atoms with Gasteiger partial charge in [0, 0.05) is 39.3 Å². The van der Waals surface area contributed by atoms with E-state index in [2.05, 4.69) is 26.6 Å². The molecule has 7 N–H and O–H groups in total. The van der Waals surface area contributed by atoms with Crippen LogP contribution in [-0.4, -0.2) is 93.3 Å². The summed E-state index contributed by atoms with van der Waals surface area (Å²) in [6, 6.07) is 8.39. The van der Waals surface area contributed by atoms with E-state index >= 15 is 0 Å². The van der Waals surface area contributed by atoms with Crippen LogP contribution in [0.4, 0.5) is 28.4 Å². The number of nitrogens with zero attached hydrogens (tertiary/aromatic N) is 2. The van der Waals surface area contributed by atoms with E-state index in [-0.39, 0.29) is 94.9 Å². The second-order valence-electron chi connectivity index (χ2n) is 17.9. The smallest absolute Gasteiger partial charge is 0.272 e. The third-order valence-electron chi connectivity index (χ3n) is 13.9. The quantitative estimate of drug-likeness (QED) is 0.0605. The van der Waals surface area contributed by atoms with Crippen molar-refractivity contribution in [2.45, 2.75) is 81.5 Å². The topological polar surface area (TPSA) is 300 Å². The fourth-order valence-corrected chi connectivity index (χ4v) is 13.7. The number of rotatable bonds is 14. The largest absolute Gasteiger partial charge is 0.504 e. The minimum Gasteiger partial charge on any atom is -0.504 e. The highest BCUT2D eigenvalue weighted by Gasteiger charge is 2.48. The molecule has 0 aliphatic carbocycles. The number of benzene rings is 2. The van der Waals surface area contributed by atoms with Crippen LogP contribution in [0.3, 0.4) is 0 Å². The number of hydrogen-bond acceptors (Lipinski definition) is 17. The van der Waals surface area contributed by atoms with Crippen LogP contribution in [0.25, 0.3) is 0 Å². The van der Waals surface area contributed by atoms with E-state index in [9.17, 15) is 55.8 Å². The summed E-state index contributed by atoms with van der Waals surface area (Å²) in [7, 11) is -8.45. The van der Waals surface area contributed by atoms with Gasteiger partial charge in [-0.2, -0.15) is 8.61 Å². The number of anilines is 5. The number of furan rings is 1. The van der Waals surface area contributed by atoms with E-state index in [1.54, 1.807) is 26.0 Å². The van der Waals surface area contributed by atoms with Crippen LogP contribution in [-0.2, 0) is 29.6 Å². The SMILES string of the molecule is CCOc1c(Nc2ccc(Cl)c(S(=O)(=O)N3CCC4(CCNC4=O)CC3)c2O)c(=O)c1=O.CC[C@@H](Nc1c(Nc2ccc(Cl)c(S(=O)(=O)N3CCC4(CCNC4=O)CC3)c2O)c(=O)c1=O)c1ccc(C)o1. The summed E-state index contributed by atoms with van der Waals surface area (Å²) >= 11 is 12.4. The summed E-state index contributed by atoms with van der Waals surface area (Å²) in [6.07, 6.45) is 3.34. The Morgan fingerprint density at radius 3 is 1.52 bits per heavy atom. The highest BCUT2D eigenvalue weighted by Crippen LogP contribution is 2.46. The fourth-order valence-electron chi connectivity index (χ4n) is 9.61.